The van der Waals surface area contributed by atoms with Gasteiger partial charge >= 0.3 is 0 Å². The fourth-order valence-corrected chi connectivity index (χ4v) is 4.49. The molecule has 1 aromatic carbocycles. The Morgan fingerprint density at radius 1 is 1.19 bits per heavy atom. The van der Waals surface area contributed by atoms with Gasteiger partial charge in [-0.25, -0.2) is 8.42 Å². The van der Waals surface area contributed by atoms with E-state index in [1.807, 2.05) is 13.8 Å². The van der Waals surface area contributed by atoms with Crippen LogP contribution in [0.5, 0.6) is 0 Å². The molecule has 3 rings (SSSR count). The summed E-state index contributed by atoms with van der Waals surface area (Å²) in [5, 5.41) is 0. The van der Waals surface area contributed by atoms with Gasteiger partial charge in [-0.2, -0.15) is 0 Å². The van der Waals surface area contributed by atoms with Crippen molar-refractivity contribution < 1.29 is 17.6 Å². The van der Waals surface area contributed by atoms with E-state index >= 15 is 0 Å². The minimum Gasteiger partial charge on any atom is -0.457 e. The standard InChI is InChI=1S/C19H19NO4S3/c1-12(2)11-20-18(21)17(26-19(20)25)10-14-6-9-16(24-14)13-4-7-15(8-5-13)27(3,22)23/h4-10,12H,11H2,1-3H3/b17-10+. The molecule has 5 nitrogen and oxygen atoms in total. The molecule has 1 saturated heterocycles. The van der Waals surface area contributed by atoms with Crippen LogP contribution in [-0.4, -0.2) is 36.3 Å². The largest absolute Gasteiger partial charge is 0.457 e. The van der Waals surface area contributed by atoms with Gasteiger partial charge in [0.15, 0.2) is 9.84 Å². The van der Waals surface area contributed by atoms with Gasteiger partial charge in [-0.05, 0) is 42.3 Å². The van der Waals surface area contributed by atoms with Gasteiger partial charge in [0.2, 0.25) is 0 Å². The summed E-state index contributed by atoms with van der Waals surface area (Å²) in [6.07, 6.45) is 2.86. The van der Waals surface area contributed by atoms with E-state index in [1.54, 1.807) is 47.4 Å². The topological polar surface area (TPSA) is 67.6 Å². The van der Waals surface area contributed by atoms with Crippen LogP contribution in [0.3, 0.4) is 0 Å². The molecule has 0 N–H and O–H groups in total. The second kappa shape index (κ2) is 7.61. The highest BCUT2D eigenvalue weighted by Crippen LogP contribution is 2.34. The molecule has 0 radical (unpaired) electrons. The number of furan rings is 1. The van der Waals surface area contributed by atoms with Crippen LogP contribution >= 0.6 is 24.0 Å². The number of carbonyl (C=O) groups is 1. The lowest BCUT2D eigenvalue weighted by Crippen LogP contribution is -2.31. The number of thiocarbonyl (C=S) groups is 1. The summed E-state index contributed by atoms with van der Waals surface area (Å²) in [6.45, 7) is 4.67. The first kappa shape index (κ1) is 19.9. The number of hydrogen-bond donors (Lipinski definition) is 0. The Morgan fingerprint density at radius 3 is 2.44 bits per heavy atom. The summed E-state index contributed by atoms with van der Waals surface area (Å²) < 4.78 is 29.5. The number of thioether (sulfide) groups is 1. The van der Waals surface area contributed by atoms with Crippen LogP contribution in [-0.2, 0) is 14.6 Å². The summed E-state index contributed by atoms with van der Waals surface area (Å²) in [6, 6.07) is 10.0. The molecule has 2 heterocycles. The predicted molar refractivity (Wildman–Crippen MR) is 112 cm³/mol. The van der Waals surface area contributed by atoms with Crippen molar-refractivity contribution in [2.45, 2.75) is 18.7 Å². The van der Waals surface area contributed by atoms with Gasteiger partial charge in [-0.15, -0.1) is 0 Å². The van der Waals surface area contributed by atoms with Gasteiger partial charge in [0.1, 0.15) is 15.8 Å². The Morgan fingerprint density at radius 2 is 1.85 bits per heavy atom. The monoisotopic (exact) mass is 421 g/mol. The molecule has 142 valence electrons. The Labute approximate surface area is 168 Å². The third-order valence-corrected chi connectivity index (χ3v) is 6.39. The van der Waals surface area contributed by atoms with Crippen molar-refractivity contribution in [1.82, 2.24) is 4.90 Å². The number of amides is 1. The number of rotatable bonds is 5. The van der Waals surface area contributed by atoms with E-state index < -0.39 is 9.84 Å². The van der Waals surface area contributed by atoms with Crippen LogP contribution in [0, 0.1) is 5.92 Å². The molecule has 0 atom stereocenters. The quantitative estimate of drug-likeness (QED) is 0.532. The summed E-state index contributed by atoms with van der Waals surface area (Å²) in [7, 11) is -3.23. The van der Waals surface area contributed by atoms with Crippen molar-refractivity contribution in [2.24, 2.45) is 5.92 Å². The van der Waals surface area contributed by atoms with Crippen LogP contribution in [0.4, 0.5) is 0 Å². The average Bonchev–Trinajstić information content (AvgIpc) is 3.15. The fraction of sp³-hybridized carbons (Fsp3) is 0.263. The predicted octanol–water partition coefficient (Wildman–Crippen LogP) is 4.21. The maximum absolute atomic E-state index is 12.5. The van der Waals surface area contributed by atoms with Gasteiger partial charge < -0.3 is 4.42 Å². The lowest BCUT2D eigenvalue weighted by atomic mass is 10.2. The Bertz CT molecular complexity index is 1020. The molecule has 1 fully saturated rings. The lowest BCUT2D eigenvalue weighted by Gasteiger charge is -2.16. The Balaban J connectivity index is 1.81. The first-order chi connectivity index (χ1) is 12.6. The van der Waals surface area contributed by atoms with E-state index in [4.69, 9.17) is 16.6 Å². The van der Waals surface area contributed by atoms with Gasteiger partial charge in [0.05, 0.1) is 9.80 Å². The third kappa shape index (κ3) is 4.51. The molecule has 0 aliphatic carbocycles. The van der Waals surface area contributed by atoms with E-state index in [1.165, 1.54) is 18.0 Å². The van der Waals surface area contributed by atoms with E-state index in [0.29, 0.717) is 33.2 Å². The van der Waals surface area contributed by atoms with Crippen LogP contribution in [0.2, 0.25) is 0 Å². The number of carbonyl (C=O) groups excluding carboxylic acids is 1. The molecule has 0 saturated carbocycles. The molecule has 27 heavy (non-hydrogen) atoms. The molecule has 8 heteroatoms. The first-order valence-corrected chi connectivity index (χ1v) is 11.4. The number of nitrogens with zero attached hydrogens (tertiary/aromatic N) is 1. The molecule has 0 bridgehead atoms. The summed E-state index contributed by atoms with van der Waals surface area (Å²) in [4.78, 5) is 14.9. The highest BCUT2D eigenvalue weighted by atomic mass is 32.2. The first-order valence-electron chi connectivity index (χ1n) is 8.31. The number of sulfone groups is 1. The molecule has 0 unspecified atom stereocenters. The second-order valence-corrected chi connectivity index (χ2v) is 10.4. The number of benzene rings is 1. The fourth-order valence-electron chi connectivity index (χ4n) is 2.60. The average molecular weight is 422 g/mol. The third-order valence-electron chi connectivity index (χ3n) is 3.89. The van der Waals surface area contributed by atoms with E-state index in [9.17, 15) is 13.2 Å². The zero-order valence-corrected chi connectivity index (χ0v) is 17.6. The minimum absolute atomic E-state index is 0.103. The van der Waals surface area contributed by atoms with E-state index in [0.717, 1.165) is 5.56 Å². The number of hydrogen-bond acceptors (Lipinski definition) is 6. The molecule has 1 amide bonds. The summed E-state index contributed by atoms with van der Waals surface area (Å²) in [5.74, 6) is 1.37. The minimum atomic E-state index is -3.23. The zero-order chi connectivity index (χ0) is 19.8. The molecule has 1 aromatic heterocycles. The van der Waals surface area contributed by atoms with Gasteiger partial charge in [-0.1, -0.05) is 37.8 Å². The van der Waals surface area contributed by atoms with Crippen molar-refractivity contribution in [1.29, 1.82) is 0 Å². The van der Waals surface area contributed by atoms with E-state index in [2.05, 4.69) is 0 Å². The lowest BCUT2D eigenvalue weighted by molar-refractivity contribution is -0.122. The van der Waals surface area contributed by atoms with Gasteiger partial charge in [0.25, 0.3) is 5.91 Å². The summed E-state index contributed by atoms with van der Waals surface area (Å²) >= 11 is 6.57. The van der Waals surface area contributed by atoms with Crippen molar-refractivity contribution in [3.63, 3.8) is 0 Å². The van der Waals surface area contributed by atoms with E-state index in [-0.39, 0.29) is 10.8 Å². The molecule has 1 aliphatic rings. The maximum Gasteiger partial charge on any atom is 0.266 e. The molecule has 0 spiro atoms. The van der Waals surface area contributed by atoms with Crippen LogP contribution < -0.4 is 0 Å². The highest BCUT2D eigenvalue weighted by Gasteiger charge is 2.32. The molecular weight excluding hydrogens is 402 g/mol. The normalized spacial score (nSPS) is 16.7. The Kier molecular flexibility index (Phi) is 5.60. The SMILES string of the molecule is CC(C)CN1C(=O)/C(=C\c2ccc(-c3ccc(S(C)(=O)=O)cc3)o2)SC1=S. The van der Waals surface area contributed by atoms with Crippen LogP contribution in [0.15, 0.2) is 50.6 Å². The van der Waals surface area contributed by atoms with Crippen LogP contribution in [0.1, 0.15) is 19.6 Å². The zero-order valence-electron chi connectivity index (χ0n) is 15.1. The van der Waals surface area contributed by atoms with Crippen molar-refractivity contribution >= 4 is 50.1 Å². The van der Waals surface area contributed by atoms with Crippen molar-refractivity contribution in [3.8, 4) is 11.3 Å². The summed E-state index contributed by atoms with van der Waals surface area (Å²) in [5.41, 5.74) is 0.759. The molecule has 2 aromatic rings. The Hall–Kier alpha value is -1.90. The second-order valence-electron chi connectivity index (χ2n) is 6.68. The van der Waals surface area contributed by atoms with Crippen molar-refractivity contribution in [3.05, 3.63) is 47.1 Å². The molecule has 1 aliphatic heterocycles. The highest BCUT2D eigenvalue weighted by molar-refractivity contribution is 8.26. The van der Waals surface area contributed by atoms with Gasteiger partial charge in [-0.3, -0.25) is 9.69 Å². The van der Waals surface area contributed by atoms with Crippen molar-refractivity contribution in [2.75, 3.05) is 12.8 Å². The van der Waals surface area contributed by atoms with Crippen LogP contribution in [0.25, 0.3) is 17.4 Å². The van der Waals surface area contributed by atoms with Gasteiger partial charge in [0, 0.05) is 24.4 Å². The molecular formula is C19H19NO4S3. The maximum atomic E-state index is 12.5. The smallest absolute Gasteiger partial charge is 0.266 e.